The molecule has 0 amide bonds. The number of nitrogens with one attached hydrogen (secondary N) is 2. The molecule has 1 aromatic carbocycles. The van der Waals surface area contributed by atoms with E-state index < -0.39 is 0 Å². The van der Waals surface area contributed by atoms with E-state index in [2.05, 4.69) is 43.5 Å². The lowest BCUT2D eigenvalue weighted by Crippen LogP contribution is -2.05. The van der Waals surface area contributed by atoms with E-state index in [1.807, 2.05) is 6.26 Å². The molecule has 1 heterocycles. The SMILES string of the molecule is CCCNc1cc(Nc2ccc(Br)cc2F)nc(SC)n1. The number of anilines is 3. The van der Waals surface area contributed by atoms with Gasteiger partial charge in [-0.25, -0.2) is 14.4 Å². The molecule has 0 aliphatic heterocycles. The summed E-state index contributed by atoms with van der Waals surface area (Å²) < 4.78 is 14.6. The smallest absolute Gasteiger partial charge is 0.191 e. The van der Waals surface area contributed by atoms with Crippen molar-refractivity contribution in [2.75, 3.05) is 23.4 Å². The molecule has 0 saturated heterocycles. The summed E-state index contributed by atoms with van der Waals surface area (Å²) in [5.41, 5.74) is 0.380. The molecule has 0 atom stereocenters. The number of benzene rings is 1. The van der Waals surface area contributed by atoms with Gasteiger partial charge in [-0.05, 0) is 30.9 Å². The molecule has 2 aromatic rings. The van der Waals surface area contributed by atoms with Crippen LogP contribution in [0.15, 0.2) is 33.9 Å². The summed E-state index contributed by atoms with van der Waals surface area (Å²) in [5.74, 6) is 0.960. The Morgan fingerprint density at radius 1 is 1.24 bits per heavy atom. The van der Waals surface area contributed by atoms with E-state index in [-0.39, 0.29) is 5.82 Å². The lowest BCUT2D eigenvalue weighted by atomic mass is 10.3. The van der Waals surface area contributed by atoms with Crippen molar-refractivity contribution in [3.8, 4) is 0 Å². The zero-order chi connectivity index (χ0) is 15.2. The summed E-state index contributed by atoms with van der Waals surface area (Å²) in [6.45, 7) is 2.91. The largest absolute Gasteiger partial charge is 0.370 e. The minimum absolute atomic E-state index is 0.336. The van der Waals surface area contributed by atoms with Crippen LogP contribution in [0.4, 0.5) is 21.7 Å². The molecule has 0 spiro atoms. The van der Waals surface area contributed by atoms with Gasteiger partial charge in [0, 0.05) is 17.1 Å². The fourth-order valence-electron chi connectivity index (χ4n) is 1.65. The molecule has 2 rings (SSSR count). The molecule has 1 aromatic heterocycles. The lowest BCUT2D eigenvalue weighted by Gasteiger charge is -2.11. The Balaban J connectivity index is 2.25. The fraction of sp³-hybridized carbons (Fsp3) is 0.286. The first-order valence-electron chi connectivity index (χ1n) is 6.51. The summed E-state index contributed by atoms with van der Waals surface area (Å²) in [6.07, 6.45) is 2.91. The second kappa shape index (κ2) is 7.61. The molecule has 7 heteroatoms. The maximum Gasteiger partial charge on any atom is 0.191 e. The molecule has 0 unspecified atom stereocenters. The Labute approximate surface area is 136 Å². The van der Waals surface area contributed by atoms with E-state index in [1.165, 1.54) is 17.8 Å². The summed E-state index contributed by atoms with van der Waals surface area (Å²) >= 11 is 4.68. The monoisotopic (exact) mass is 370 g/mol. The molecule has 0 fully saturated rings. The van der Waals surface area contributed by atoms with Crippen LogP contribution < -0.4 is 10.6 Å². The van der Waals surface area contributed by atoms with Gasteiger partial charge in [-0.3, -0.25) is 0 Å². The van der Waals surface area contributed by atoms with Crippen LogP contribution >= 0.6 is 27.7 Å². The van der Waals surface area contributed by atoms with Gasteiger partial charge in [0.15, 0.2) is 5.16 Å². The van der Waals surface area contributed by atoms with E-state index in [0.29, 0.717) is 21.1 Å². The Morgan fingerprint density at radius 3 is 2.67 bits per heavy atom. The zero-order valence-corrected chi connectivity index (χ0v) is 14.2. The van der Waals surface area contributed by atoms with Crippen molar-refractivity contribution in [2.45, 2.75) is 18.5 Å². The average molecular weight is 371 g/mol. The second-order valence-corrected chi connectivity index (χ2v) is 5.99. The Hall–Kier alpha value is -1.34. The van der Waals surface area contributed by atoms with Crippen LogP contribution in [-0.4, -0.2) is 22.8 Å². The van der Waals surface area contributed by atoms with Crippen molar-refractivity contribution in [1.29, 1.82) is 0 Å². The number of aromatic nitrogens is 2. The minimum Gasteiger partial charge on any atom is -0.370 e. The molecule has 0 saturated carbocycles. The van der Waals surface area contributed by atoms with Crippen LogP contribution in [0.5, 0.6) is 0 Å². The highest BCUT2D eigenvalue weighted by atomic mass is 79.9. The molecule has 0 radical (unpaired) electrons. The number of nitrogens with zero attached hydrogens (tertiary/aromatic N) is 2. The molecule has 21 heavy (non-hydrogen) atoms. The van der Waals surface area contributed by atoms with Crippen molar-refractivity contribution in [3.05, 3.63) is 34.6 Å². The number of rotatable bonds is 6. The summed E-state index contributed by atoms with van der Waals surface area (Å²) in [6, 6.07) is 6.63. The highest BCUT2D eigenvalue weighted by molar-refractivity contribution is 9.10. The molecule has 0 aliphatic rings. The maximum atomic E-state index is 13.9. The standard InChI is InChI=1S/C14H16BrFN4S/c1-3-6-17-12-8-13(20-14(19-12)21-2)18-11-5-4-9(15)7-10(11)16/h4-5,7-8H,3,6H2,1-2H3,(H2,17,18,19,20). The van der Waals surface area contributed by atoms with E-state index in [9.17, 15) is 4.39 Å². The topological polar surface area (TPSA) is 49.8 Å². The molecule has 0 aliphatic carbocycles. The predicted octanol–water partition coefficient (Wildman–Crippen LogP) is 4.67. The first kappa shape index (κ1) is 16.0. The van der Waals surface area contributed by atoms with Crippen LogP contribution in [0.2, 0.25) is 0 Å². The molecular weight excluding hydrogens is 355 g/mol. The molecule has 0 bridgehead atoms. The van der Waals surface area contributed by atoms with Gasteiger partial charge < -0.3 is 10.6 Å². The number of halogens is 2. The third kappa shape index (κ3) is 4.57. The van der Waals surface area contributed by atoms with Crippen molar-refractivity contribution in [2.24, 2.45) is 0 Å². The van der Waals surface area contributed by atoms with E-state index in [4.69, 9.17) is 0 Å². The highest BCUT2D eigenvalue weighted by Gasteiger charge is 2.07. The van der Waals surface area contributed by atoms with Crippen molar-refractivity contribution >= 4 is 45.0 Å². The number of hydrogen-bond donors (Lipinski definition) is 2. The van der Waals surface area contributed by atoms with Crippen LogP contribution in [-0.2, 0) is 0 Å². The Bertz CT molecular complexity index is 624. The highest BCUT2D eigenvalue weighted by Crippen LogP contribution is 2.24. The van der Waals surface area contributed by atoms with Gasteiger partial charge in [-0.2, -0.15) is 0 Å². The van der Waals surface area contributed by atoms with E-state index in [1.54, 1.807) is 18.2 Å². The maximum absolute atomic E-state index is 13.9. The van der Waals surface area contributed by atoms with Crippen molar-refractivity contribution < 1.29 is 4.39 Å². The quantitative estimate of drug-likeness (QED) is 0.571. The van der Waals surface area contributed by atoms with Crippen LogP contribution in [0.25, 0.3) is 0 Å². The first-order chi connectivity index (χ1) is 10.1. The van der Waals surface area contributed by atoms with Gasteiger partial charge >= 0.3 is 0 Å². The third-order valence-corrected chi connectivity index (χ3v) is 3.68. The van der Waals surface area contributed by atoms with Gasteiger partial charge in [0.25, 0.3) is 0 Å². The van der Waals surface area contributed by atoms with Gasteiger partial charge in [-0.15, -0.1) is 0 Å². The van der Waals surface area contributed by atoms with Crippen LogP contribution in [0.3, 0.4) is 0 Å². The second-order valence-electron chi connectivity index (χ2n) is 4.30. The Kier molecular flexibility index (Phi) is 5.81. The van der Waals surface area contributed by atoms with Crippen molar-refractivity contribution in [3.63, 3.8) is 0 Å². The van der Waals surface area contributed by atoms with E-state index in [0.717, 1.165) is 18.8 Å². The molecule has 2 N–H and O–H groups in total. The molecule has 112 valence electrons. The average Bonchev–Trinajstić information content (AvgIpc) is 2.48. The van der Waals surface area contributed by atoms with Crippen molar-refractivity contribution in [1.82, 2.24) is 9.97 Å². The van der Waals surface area contributed by atoms with Gasteiger partial charge in [0.1, 0.15) is 17.5 Å². The lowest BCUT2D eigenvalue weighted by molar-refractivity contribution is 0.631. The fourth-order valence-corrected chi connectivity index (χ4v) is 2.37. The van der Waals surface area contributed by atoms with Crippen LogP contribution in [0.1, 0.15) is 13.3 Å². The molecule has 4 nitrogen and oxygen atoms in total. The third-order valence-electron chi connectivity index (χ3n) is 2.64. The van der Waals surface area contributed by atoms with E-state index >= 15 is 0 Å². The first-order valence-corrected chi connectivity index (χ1v) is 8.53. The minimum atomic E-state index is -0.336. The normalized spacial score (nSPS) is 10.5. The van der Waals surface area contributed by atoms with Crippen LogP contribution in [0, 0.1) is 5.82 Å². The number of thioether (sulfide) groups is 1. The summed E-state index contributed by atoms with van der Waals surface area (Å²) in [4.78, 5) is 8.71. The molecular formula is C14H16BrFN4S. The summed E-state index contributed by atoms with van der Waals surface area (Å²) in [7, 11) is 0. The summed E-state index contributed by atoms with van der Waals surface area (Å²) in [5, 5.41) is 6.84. The Morgan fingerprint density at radius 2 is 2.00 bits per heavy atom. The van der Waals surface area contributed by atoms with Gasteiger partial charge in [0.2, 0.25) is 0 Å². The van der Waals surface area contributed by atoms with Gasteiger partial charge in [0.05, 0.1) is 5.69 Å². The predicted molar refractivity (Wildman–Crippen MR) is 90.0 cm³/mol. The zero-order valence-electron chi connectivity index (χ0n) is 11.8. The van der Waals surface area contributed by atoms with Gasteiger partial charge in [-0.1, -0.05) is 34.6 Å². The number of hydrogen-bond acceptors (Lipinski definition) is 5.